The van der Waals surface area contributed by atoms with Crippen LogP contribution in [-0.2, 0) is 14.4 Å². The van der Waals surface area contributed by atoms with E-state index in [1.165, 1.54) is 13.3 Å². The van der Waals surface area contributed by atoms with Gasteiger partial charge in [0.2, 0.25) is 0 Å². The number of hydrogen-bond acceptors (Lipinski definition) is 6. The highest BCUT2D eigenvalue weighted by Gasteiger charge is 2.59. The summed E-state index contributed by atoms with van der Waals surface area (Å²) in [5.74, 6) is -0.216. The van der Waals surface area contributed by atoms with Crippen molar-refractivity contribution in [3.63, 3.8) is 0 Å². The van der Waals surface area contributed by atoms with E-state index in [9.17, 15) is 14.4 Å². The number of fused-ring (bicyclic) bond motifs is 5. The van der Waals surface area contributed by atoms with Crippen LogP contribution in [0, 0.1) is 30.6 Å². The summed E-state index contributed by atoms with van der Waals surface area (Å²) >= 11 is 0. The van der Waals surface area contributed by atoms with Crippen LogP contribution in [-0.4, -0.2) is 42.7 Å². The van der Waals surface area contributed by atoms with Crippen LogP contribution in [0.2, 0.25) is 0 Å². The molecular weight excluding hydrogens is 434 g/mol. The van der Waals surface area contributed by atoms with Gasteiger partial charge in [-0.25, -0.2) is 0 Å². The maximum absolute atomic E-state index is 12.8. The van der Waals surface area contributed by atoms with Crippen molar-refractivity contribution in [1.29, 1.82) is 0 Å². The van der Waals surface area contributed by atoms with Crippen LogP contribution >= 0.6 is 0 Å². The molecule has 1 N–H and O–H groups in total. The number of rotatable bonds is 7. The van der Waals surface area contributed by atoms with Crippen molar-refractivity contribution in [1.82, 2.24) is 5.01 Å². The van der Waals surface area contributed by atoms with E-state index in [1.54, 1.807) is 18.2 Å². The molecule has 34 heavy (non-hydrogen) atoms. The van der Waals surface area contributed by atoms with Gasteiger partial charge in [0.15, 0.2) is 18.1 Å². The number of nitrogens with one attached hydrogen (secondary N) is 1. The molecule has 3 amide bonds. The van der Waals surface area contributed by atoms with Crippen LogP contribution in [0.3, 0.4) is 0 Å². The minimum Gasteiger partial charge on any atom is -0.493 e. The molecule has 2 aromatic rings. The van der Waals surface area contributed by atoms with E-state index in [0.29, 0.717) is 17.1 Å². The lowest BCUT2D eigenvalue weighted by Crippen LogP contribution is -2.28. The highest BCUT2D eigenvalue weighted by atomic mass is 16.5. The standard InChI is InChI=1S/C26H25N3O5/c1-15-5-3-4-6-19(15)28-22(30)14-34-20-10-7-16(11-21(20)33-2)13-27-29-25(31)23-17-8-9-18(12-17)24(23)26(29)32/h3-11,13,17-18,23-24H,12,14H2,1-2H3,(H,28,30). The molecule has 3 aliphatic rings. The second kappa shape index (κ2) is 8.78. The highest BCUT2D eigenvalue weighted by Crippen LogP contribution is 2.52. The number of allylic oxidation sites excluding steroid dienone is 2. The third-order valence-electron chi connectivity index (χ3n) is 6.73. The van der Waals surface area contributed by atoms with Crippen molar-refractivity contribution in [2.45, 2.75) is 13.3 Å². The van der Waals surface area contributed by atoms with Crippen LogP contribution in [0.4, 0.5) is 5.69 Å². The highest BCUT2D eigenvalue weighted by molar-refractivity contribution is 6.06. The fourth-order valence-corrected chi connectivity index (χ4v) is 5.05. The van der Waals surface area contributed by atoms with Gasteiger partial charge in [-0.15, -0.1) is 0 Å². The molecular formula is C26H25N3O5. The minimum absolute atomic E-state index is 0.145. The zero-order valence-electron chi connectivity index (χ0n) is 18.9. The first kappa shape index (κ1) is 21.9. The van der Waals surface area contributed by atoms with Crippen LogP contribution in [0.5, 0.6) is 11.5 Å². The number of methoxy groups -OCH3 is 1. The number of ether oxygens (including phenoxy) is 2. The van der Waals surface area contributed by atoms with Gasteiger partial charge in [-0.2, -0.15) is 10.1 Å². The van der Waals surface area contributed by atoms with Gasteiger partial charge in [-0.05, 0) is 60.6 Å². The number of hydrogen-bond donors (Lipinski definition) is 1. The van der Waals surface area contributed by atoms with Gasteiger partial charge in [0.1, 0.15) is 0 Å². The zero-order chi connectivity index (χ0) is 23.8. The summed E-state index contributed by atoms with van der Waals surface area (Å²) in [6.45, 7) is 1.73. The van der Waals surface area contributed by atoms with E-state index in [4.69, 9.17) is 9.47 Å². The quantitative estimate of drug-likeness (QED) is 0.390. The Kier molecular flexibility index (Phi) is 5.65. The van der Waals surface area contributed by atoms with Crippen LogP contribution in [0.1, 0.15) is 17.5 Å². The number of nitrogens with zero attached hydrogens (tertiary/aromatic N) is 2. The number of carbonyl (C=O) groups is 3. The summed E-state index contributed by atoms with van der Waals surface area (Å²) in [4.78, 5) is 37.8. The molecule has 4 atom stereocenters. The molecule has 4 unspecified atom stereocenters. The molecule has 8 nitrogen and oxygen atoms in total. The van der Waals surface area contributed by atoms with Gasteiger partial charge in [-0.1, -0.05) is 30.4 Å². The Bertz CT molecular complexity index is 1190. The molecule has 1 saturated carbocycles. The zero-order valence-corrected chi connectivity index (χ0v) is 18.9. The number of benzene rings is 2. The Morgan fingerprint density at radius 3 is 2.47 bits per heavy atom. The SMILES string of the molecule is COc1cc(C=NN2C(=O)C3C4C=CC(C4)C3C2=O)ccc1OCC(=O)Nc1ccccc1C. The first-order valence-corrected chi connectivity index (χ1v) is 11.2. The fraction of sp³-hybridized carbons (Fsp3) is 0.308. The number of aryl methyl sites for hydroxylation is 1. The molecule has 1 heterocycles. The van der Waals surface area contributed by atoms with E-state index >= 15 is 0 Å². The Morgan fingerprint density at radius 2 is 1.79 bits per heavy atom. The Morgan fingerprint density at radius 1 is 1.09 bits per heavy atom. The van der Waals surface area contributed by atoms with Gasteiger partial charge in [0.05, 0.1) is 25.2 Å². The van der Waals surface area contributed by atoms with E-state index in [2.05, 4.69) is 22.6 Å². The van der Waals surface area contributed by atoms with Gasteiger partial charge in [0.25, 0.3) is 17.7 Å². The van der Waals surface area contributed by atoms with Crippen molar-refractivity contribution in [2.24, 2.45) is 28.8 Å². The lowest BCUT2D eigenvalue weighted by atomic mass is 9.85. The molecule has 0 aromatic heterocycles. The molecule has 2 aliphatic carbocycles. The van der Waals surface area contributed by atoms with Crippen LogP contribution in [0.15, 0.2) is 59.7 Å². The summed E-state index contributed by atoms with van der Waals surface area (Å²) in [7, 11) is 1.49. The topological polar surface area (TPSA) is 97.3 Å². The van der Waals surface area contributed by atoms with Crippen molar-refractivity contribution < 1.29 is 23.9 Å². The number of imide groups is 1. The number of amides is 3. The molecule has 8 heteroatoms. The molecule has 1 saturated heterocycles. The maximum Gasteiger partial charge on any atom is 0.262 e. The monoisotopic (exact) mass is 459 g/mol. The number of para-hydroxylation sites is 1. The van der Waals surface area contributed by atoms with E-state index < -0.39 is 0 Å². The summed E-state index contributed by atoms with van der Waals surface area (Å²) in [5.41, 5.74) is 2.32. The fourth-order valence-electron chi connectivity index (χ4n) is 5.05. The number of carbonyl (C=O) groups excluding carboxylic acids is 3. The van der Waals surface area contributed by atoms with Gasteiger partial charge in [-0.3, -0.25) is 14.4 Å². The number of hydrazone groups is 1. The van der Waals surface area contributed by atoms with Crippen LogP contribution < -0.4 is 14.8 Å². The largest absolute Gasteiger partial charge is 0.493 e. The smallest absolute Gasteiger partial charge is 0.262 e. The summed E-state index contributed by atoms with van der Waals surface area (Å²) in [6.07, 6.45) is 6.44. The molecule has 174 valence electrons. The predicted molar refractivity (Wildman–Crippen MR) is 125 cm³/mol. The first-order chi connectivity index (χ1) is 16.5. The molecule has 2 fully saturated rings. The van der Waals surface area contributed by atoms with Gasteiger partial charge >= 0.3 is 0 Å². The number of anilines is 1. The van der Waals surface area contributed by atoms with Gasteiger partial charge < -0.3 is 14.8 Å². The molecule has 1 aliphatic heterocycles. The second-order valence-corrected chi connectivity index (χ2v) is 8.79. The summed E-state index contributed by atoms with van der Waals surface area (Å²) in [6, 6.07) is 12.5. The first-order valence-electron chi connectivity index (χ1n) is 11.2. The van der Waals surface area contributed by atoms with E-state index in [-0.39, 0.29) is 48.0 Å². The Labute approximate surface area is 197 Å². The van der Waals surface area contributed by atoms with Crippen LogP contribution in [0.25, 0.3) is 0 Å². The predicted octanol–water partition coefficient (Wildman–Crippen LogP) is 3.16. The minimum atomic E-state index is -0.290. The second-order valence-electron chi connectivity index (χ2n) is 8.79. The lowest BCUT2D eigenvalue weighted by molar-refractivity contribution is -0.140. The van der Waals surface area contributed by atoms with E-state index in [0.717, 1.165) is 22.7 Å². The molecule has 2 bridgehead atoms. The van der Waals surface area contributed by atoms with Crippen molar-refractivity contribution in [3.8, 4) is 11.5 Å². The lowest BCUT2D eigenvalue weighted by Gasteiger charge is -2.13. The Balaban J connectivity index is 1.23. The summed E-state index contributed by atoms with van der Waals surface area (Å²) < 4.78 is 11.0. The van der Waals surface area contributed by atoms with Crippen molar-refractivity contribution in [2.75, 3.05) is 19.0 Å². The third-order valence-corrected chi connectivity index (χ3v) is 6.73. The molecule has 0 radical (unpaired) electrons. The summed E-state index contributed by atoms with van der Waals surface area (Å²) in [5, 5.41) is 8.01. The van der Waals surface area contributed by atoms with Crippen molar-refractivity contribution in [3.05, 3.63) is 65.7 Å². The third kappa shape index (κ3) is 3.85. The van der Waals surface area contributed by atoms with Crippen molar-refractivity contribution >= 4 is 29.6 Å². The average molecular weight is 460 g/mol. The van der Waals surface area contributed by atoms with Gasteiger partial charge in [0, 0.05) is 5.69 Å². The van der Waals surface area contributed by atoms with E-state index in [1.807, 2.05) is 31.2 Å². The average Bonchev–Trinajstić information content (AvgIpc) is 3.52. The molecule has 0 spiro atoms. The normalized spacial score (nSPS) is 24.7. The maximum atomic E-state index is 12.8. The molecule has 2 aromatic carbocycles. The Hall–Kier alpha value is -3.94. The molecule has 5 rings (SSSR count).